The number of fused-ring (bicyclic) bond motifs is 1. The quantitative estimate of drug-likeness (QED) is 0.392. The van der Waals surface area contributed by atoms with Crippen LogP contribution in [0, 0.1) is 0 Å². The number of imidazole rings is 1. The molecule has 5 aromatic rings. The average molecular weight is 438 g/mol. The van der Waals surface area contributed by atoms with Gasteiger partial charge in [-0.2, -0.15) is 5.10 Å². The first-order valence-electron chi connectivity index (χ1n) is 10.8. The molecule has 0 atom stereocenters. The van der Waals surface area contributed by atoms with Gasteiger partial charge in [-0.25, -0.2) is 9.67 Å². The fourth-order valence-electron chi connectivity index (χ4n) is 3.77. The van der Waals surface area contributed by atoms with Crippen molar-refractivity contribution in [3.8, 4) is 11.4 Å². The van der Waals surface area contributed by atoms with Gasteiger partial charge in [0.25, 0.3) is 5.91 Å². The molecule has 2 aromatic carbocycles. The van der Waals surface area contributed by atoms with Gasteiger partial charge in [0.1, 0.15) is 18.0 Å². The third-order valence-electron chi connectivity index (χ3n) is 5.34. The smallest absolute Gasteiger partial charge is 0.259 e. The summed E-state index contributed by atoms with van der Waals surface area (Å²) in [5.41, 5.74) is 4.70. The second kappa shape index (κ2) is 9.00. The zero-order chi connectivity index (χ0) is 22.6. The monoisotopic (exact) mass is 437 g/mol. The maximum atomic E-state index is 13.0. The topological polar surface area (TPSA) is 73.4 Å². The zero-order valence-electron chi connectivity index (χ0n) is 18.2. The highest BCUT2D eigenvalue weighted by atomic mass is 16.5. The Morgan fingerprint density at radius 2 is 1.88 bits per heavy atom. The Hall–Kier alpha value is -4.39. The molecule has 0 bridgehead atoms. The minimum Gasteiger partial charge on any atom is -0.487 e. The van der Waals surface area contributed by atoms with Crippen LogP contribution in [0.2, 0.25) is 0 Å². The van der Waals surface area contributed by atoms with E-state index >= 15 is 0 Å². The van der Waals surface area contributed by atoms with Crippen LogP contribution >= 0.6 is 0 Å². The Kier molecular flexibility index (Phi) is 5.59. The van der Waals surface area contributed by atoms with E-state index in [2.05, 4.69) is 15.4 Å². The Morgan fingerprint density at radius 1 is 1.03 bits per heavy atom. The van der Waals surface area contributed by atoms with Crippen molar-refractivity contribution in [1.82, 2.24) is 19.2 Å². The predicted molar refractivity (Wildman–Crippen MR) is 127 cm³/mol. The Bertz CT molecular complexity index is 1370. The number of hydrogen-bond donors (Lipinski definition) is 1. The third kappa shape index (κ3) is 4.34. The lowest BCUT2D eigenvalue weighted by atomic mass is 10.1. The van der Waals surface area contributed by atoms with E-state index in [-0.39, 0.29) is 5.91 Å². The largest absolute Gasteiger partial charge is 0.487 e. The molecule has 3 heterocycles. The Morgan fingerprint density at radius 3 is 2.70 bits per heavy atom. The lowest BCUT2D eigenvalue weighted by Gasteiger charge is -2.10. The molecule has 0 saturated heterocycles. The number of carbonyl (C=O) groups excluding carboxylic acids is 1. The fourth-order valence-corrected chi connectivity index (χ4v) is 3.77. The molecule has 0 aliphatic heterocycles. The minimum atomic E-state index is -0.202. The zero-order valence-corrected chi connectivity index (χ0v) is 18.2. The lowest BCUT2D eigenvalue weighted by molar-refractivity contribution is 0.102. The third-order valence-corrected chi connectivity index (χ3v) is 5.34. The van der Waals surface area contributed by atoms with Crippen LogP contribution < -0.4 is 10.1 Å². The lowest BCUT2D eigenvalue weighted by Crippen LogP contribution is -2.14. The molecule has 0 saturated carbocycles. The van der Waals surface area contributed by atoms with Crippen molar-refractivity contribution in [3.63, 3.8) is 0 Å². The molecule has 164 valence electrons. The van der Waals surface area contributed by atoms with Crippen molar-refractivity contribution in [2.45, 2.75) is 20.0 Å². The number of pyridine rings is 1. The summed E-state index contributed by atoms with van der Waals surface area (Å²) in [6.07, 6.45) is 6.19. The normalized spacial score (nSPS) is 10.9. The summed E-state index contributed by atoms with van der Waals surface area (Å²) in [6.45, 7) is 2.35. The minimum absolute atomic E-state index is 0.202. The van der Waals surface area contributed by atoms with Crippen LogP contribution in [0.3, 0.4) is 0 Å². The van der Waals surface area contributed by atoms with Gasteiger partial charge in [0.05, 0.1) is 28.8 Å². The van der Waals surface area contributed by atoms with Gasteiger partial charge in [-0.05, 0) is 42.8 Å². The van der Waals surface area contributed by atoms with Gasteiger partial charge < -0.3 is 14.5 Å². The molecular weight excluding hydrogens is 414 g/mol. The second-order valence-corrected chi connectivity index (χ2v) is 7.57. The molecule has 7 nitrogen and oxygen atoms in total. The van der Waals surface area contributed by atoms with Crippen molar-refractivity contribution in [2.75, 3.05) is 5.32 Å². The van der Waals surface area contributed by atoms with E-state index in [1.807, 2.05) is 95.1 Å². The summed E-state index contributed by atoms with van der Waals surface area (Å²) in [6, 6.07) is 23.0. The van der Waals surface area contributed by atoms with Crippen LogP contribution in [0.4, 0.5) is 5.69 Å². The summed E-state index contributed by atoms with van der Waals surface area (Å²) < 4.78 is 9.68. The van der Waals surface area contributed by atoms with E-state index < -0.39 is 0 Å². The highest BCUT2D eigenvalue weighted by Crippen LogP contribution is 2.21. The number of carbonyl (C=O) groups is 1. The van der Waals surface area contributed by atoms with Gasteiger partial charge in [-0.15, -0.1) is 0 Å². The molecule has 0 radical (unpaired) electrons. The molecule has 7 heteroatoms. The number of benzene rings is 2. The SMILES string of the molecule is CCc1c(C(=O)Nc2cccc(OCc3cn4ccccc4n3)c2)cnn1-c1ccccc1. The second-order valence-electron chi connectivity index (χ2n) is 7.57. The van der Waals surface area contributed by atoms with Crippen molar-refractivity contribution in [1.29, 1.82) is 0 Å². The van der Waals surface area contributed by atoms with Gasteiger partial charge in [-0.3, -0.25) is 4.79 Å². The van der Waals surface area contributed by atoms with Gasteiger partial charge in [0.15, 0.2) is 0 Å². The van der Waals surface area contributed by atoms with E-state index in [9.17, 15) is 4.79 Å². The first-order valence-corrected chi connectivity index (χ1v) is 10.8. The number of amides is 1. The van der Waals surface area contributed by atoms with E-state index in [1.165, 1.54) is 0 Å². The van der Waals surface area contributed by atoms with Gasteiger partial charge in [-0.1, -0.05) is 37.3 Å². The van der Waals surface area contributed by atoms with Crippen LogP contribution in [0.1, 0.15) is 28.7 Å². The van der Waals surface area contributed by atoms with Crippen LogP contribution in [0.15, 0.2) is 91.4 Å². The number of anilines is 1. The van der Waals surface area contributed by atoms with E-state index in [0.717, 1.165) is 22.7 Å². The predicted octanol–water partition coefficient (Wildman–Crippen LogP) is 4.91. The number of rotatable bonds is 7. The maximum absolute atomic E-state index is 13.0. The molecule has 5 rings (SSSR count). The average Bonchev–Trinajstić information content (AvgIpc) is 3.47. The van der Waals surface area contributed by atoms with Crippen LogP contribution in [-0.2, 0) is 13.0 Å². The molecule has 0 fully saturated rings. The van der Waals surface area contributed by atoms with Gasteiger partial charge in [0, 0.05) is 24.1 Å². The molecule has 1 amide bonds. The molecule has 33 heavy (non-hydrogen) atoms. The number of aromatic nitrogens is 4. The fraction of sp³-hybridized carbons (Fsp3) is 0.115. The van der Waals surface area contributed by atoms with Crippen LogP contribution in [-0.4, -0.2) is 25.1 Å². The first-order chi connectivity index (χ1) is 16.2. The Labute approximate surface area is 191 Å². The van der Waals surface area contributed by atoms with Gasteiger partial charge >= 0.3 is 0 Å². The summed E-state index contributed by atoms with van der Waals surface area (Å²) in [7, 11) is 0. The molecular formula is C26H23N5O2. The maximum Gasteiger partial charge on any atom is 0.259 e. The summed E-state index contributed by atoms with van der Waals surface area (Å²) in [5, 5.41) is 7.41. The number of ether oxygens (including phenoxy) is 1. The standard InChI is InChI=1S/C26H23N5O2/c1-2-24-23(16-27-31(24)21-10-4-3-5-11-21)26(32)29-19-9-8-12-22(15-19)33-18-20-17-30-14-7-6-13-25(30)28-20/h3-17H,2,18H2,1H3,(H,29,32). The summed E-state index contributed by atoms with van der Waals surface area (Å²) in [5.74, 6) is 0.451. The highest BCUT2D eigenvalue weighted by Gasteiger charge is 2.17. The number of nitrogens with zero attached hydrogens (tertiary/aromatic N) is 4. The number of nitrogens with one attached hydrogen (secondary N) is 1. The molecule has 0 aliphatic carbocycles. The first kappa shape index (κ1) is 20.5. The highest BCUT2D eigenvalue weighted by molar-refractivity contribution is 6.05. The van der Waals surface area contributed by atoms with Crippen molar-refractivity contribution < 1.29 is 9.53 Å². The molecule has 0 spiro atoms. The molecule has 0 unspecified atom stereocenters. The van der Waals surface area contributed by atoms with Crippen LogP contribution in [0.25, 0.3) is 11.3 Å². The van der Waals surface area contributed by atoms with Gasteiger partial charge in [0.2, 0.25) is 0 Å². The summed E-state index contributed by atoms with van der Waals surface area (Å²) in [4.78, 5) is 17.6. The van der Waals surface area contributed by atoms with Crippen molar-refractivity contribution in [2.24, 2.45) is 0 Å². The van der Waals surface area contributed by atoms with E-state index in [1.54, 1.807) is 12.3 Å². The summed E-state index contributed by atoms with van der Waals surface area (Å²) >= 11 is 0. The Balaban J connectivity index is 1.29. The van der Waals surface area contributed by atoms with Crippen molar-refractivity contribution >= 4 is 17.2 Å². The molecule has 1 N–H and O–H groups in total. The van der Waals surface area contributed by atoms with E-state index in [0.29, 0.717) is 30.0 Å². The van der Waals surface area contributed by atoms with E-state index in [4.69, 9.17) is 4.74 Å². The molecule has 3 aromatic heterocycles. The van der Waals surface area contributed by atoms with Crippen LogP contribution in [0.5, 0.6) is 5.75 Å². The number of para-hydroxylation sites is 1. The van der Waals surface area contributed by atoms with Crippen molar-refractivity contribution in [3.05, 3.63) is 108 Å². The molecule has 0 aliphatic rings. The number of hydrogen-bond acceptors (Lipinski definition) is 4.